The Morgan fingerprint density at radius 2 is 1.46 bits per heavy atom. The largest absolute Gasteiger partial charge is 0.445 e. The summed E-state index contributed by atoms with van der Waals surface area (Å²) in [5, 5.41) is 12.6. The number of allylic oxidation sites excluding steroid dienone is 2. The minimum atomic E-state index is -1.65. The zero-order valence-corrected chi connectivity index (χ0v) is 12.4. The molecular weight excluding hydrogens is 308 g/mol. The molecule has 5 heteroatoms. The van der Waals surface area contributed by atoms with Crippen LogP contribution in [0.3, 0.4) is 0 Å². The SMILES string of the molecule is O=C1C=CC(=O)C12C=CC1(Oc3cccc4cccc(c34)O1)C2O. The summed E-state index contributed by atoms with van der Waals surface area (Å²) in [4.78, 5) is 24.5. The van der Waals surface area contributed by atoms with Gasteiger partial charge in [0.15, 0.2) is 17.7 Å². The first kappa shape index (κ1) is 13.5. The second kappa shape index (κ2) is 4.13. The molecule has 1 aliphatic heterocycles. The van der Waals surface area contributed by atoms with Crippen LogP contribution in [0.1, 0.15) is 0 Å². The van der Waals surface area contributed by atoms with Gasteiger partial charge in [-0.25, -0.2) is 0 Å². The average Bonchev–Trinajstić information content (AvgIpc) is 3.02. The molecule has 5 nitrogen and oxygen atoms in total. The lowest BCUT2D eigenvalue weighted by atomic mass is 9.79. The molecule has 0 saturated carbocycles. The molecule has 2 aliphatic carbocycles. The molecule has 0 radical (unpaired) electrons. The lowest BCUT2D eigenvalue weighted by Gasteiger charge is -2.39. The Morgan fingerprint density at radius 3 is 2.04 bits per heavy atom. The Morgan fingerprint density at radius 1 is 0.875 bits per heavy atom. The maximum absolute atomic E-state index is 12.3. The van der Waals surface area contributed by atoms with Crippen molar-refractivity contribution in [2.24, 2.45) is 5.41 Å². The maximum atomic E-state index is 12.3. The molecule has 2 spiro atoms. The monoisotopic (exact) mass is 320 g/mol. The van der Waals surface area contributed by atoms with E-state index in [1.54, 1.807) is 12.1 Å². The predicted molar refractivity (Wildman–Crippen MR) is 84.7 cm³/mol. The van der Waals surface area contributed by atoms with Crippen LogP contribution in [-0.4, -0.2) is 28.6 Å². The van der Waals surface area contributed by atoms with Gasteiger partial charge in [0.1, 0.15) is 16.9 Å². The molecule has 0 aromatic heterocycles. The first-order chi connectivity index (χ1) is 11.6. The van der Waals surface area contributed by atoms with Crippen molar-refractivity contribution < 1.29 is 24.2 Å². The van der Waals surface area contributed by atoms with Crippen LogP contribution in [0.4, 0.5) is 0 Å². The molecule has 1 unspecified atom stereocenters. The Balaban J connectivity index is 1.66. The van der Waals surface area contributed by atoms with Crippen LogP contribution < -0.4 is 9.47 Å². The number of carbonyl (C=O) groups excluding carboxylic acids is 2. The Hall–Kier alpha value is -2.92. The van der Waals surface area contributed by atoms with Crippen molar-refractivity contribution in [3.8, 4) is 11.5 Å². The smallest absolute Gasteiger partial charge is 0.299 e. The summed E-state index contributed by atoms with van der Waals surface area (Å²) >= 11 is 0. The summed E-state index contributed by atoms with van der Waals surface area (Å²) in [6.45, 7) is 0. The molecule has 3 aliphatic rings. The maximum Gasteiger partial charge on any atom is 0.299 e. The van der Waals surface area contributed by atoms with E-state index in [0.717, 1.165) is 10.8 Å². The van der Waals surface area contributed by atoms with Gasteiger partial charge in [-0.05, 0) is 35.7 Å². The van der Waals surface area contributed by atoms with Crippen molar-refractivity contribution in [3.63, 3.8) is 0 Å². The lowest BCUT2D eigenvalue weighted by Crippen LogP contribution is -2.58. The fraction of sp³-hybridized carbons (Fsp3) is 0.158. The zero-order chi connectivity index (χ0) is 16.5. The predicted octanol–water partition coefficient (Wildman–Crippen LogP) is 1.93. The van der Waals surface area contributed by atoms with E-state index < -0.39 is 28.9 Å². The summed E-state index contributed by atoms with van der Waals surface area (Å²) in [5.74, 6) is -1.43. The summed E-state index contributed by atoms with van der Waals surface area (Å²) in [7, 11) is 0. The molecule has 0 fully saturated rings. The van der Waals surface area contributed by atoms with Crippen molar-refractivity contribution in [1.29, 1.82) is 0 Å². The van der Waals surface area contributed by atoms with Gasteiger partial charge in [0.2, 0.25) is 0 Å². The topological polar surface area (TPSA) is 72.8 Å². The zero-order valence-electron chi connectivity index (χ0n) is 12.4. The molecule has 5 rings (SSSR count). The quantitative estimate of drug-likeness (QED) is 0.593. The summed E-state index contributed by atoms with van der Waals surface area (Å²) < 4.78 is 11.9. The molecule has 0 amide bonds. The number of aliphatic hydroxyl groups excluding tert-OH is 1. The number of carbonyl (C=O) groups is 2. The highest BCUT2D eigenvalue weighted by Crippen LogP contribution is 2.50. The molecule has 24 heavy (non-hydrogen) atoms. The van der Waals surface area contributed by atoms with Crippen LogP contribution in [0.2, 0.25) is 0 Å². The van der Waals surface area contributed by atoms with Gasteiger partial charge in [-0.1, -0.05) is 30.3 Å². The lowest BCUT2D eigenvalue weighted by molar-refractivity contribution is -0.178. The summed E-state index contributed by atoms with van der Waals surface area (Å²) in [6, 6.07) is 11.1. The Labute approximate surface area is 136 Å². The molecule has 2 aromatic rings. The van der Waals surface area contributed by atoms with Gasteiger partial charge in [-0.2, -0.15) is 0 Å². The van der Waals surface area contributed by atoms with E-state index in [4.69, 9.17) is 9.47 Å². The molecule has 2 aromatic carbocycles. The van der Waals surface area contributed by atoms with Crippen molar-refractivity contribution in [2.75, 3.05) is 0 Å². The van der Waals surface area contributed by atoms with Gasteiger partial charge in [0.25, 0.3) is 5.79 Å². The van der Waals surface area contributed by atoms with Gasteiger partial charge in [-0.15, -0.1) is 0 Å². The number of hydrogen-bond donors (Lipinski definition) is 1. The van der Waals surface area contributed by atoms with Crippen molar-refractivity contribution in [2.45, 2.75) is 11.9 Å². The number of ketones is 2. The van der Waals surface area contributed by atoms with Crippen molar-refractivity contribution >= 4 is 22.3 Å². The molecule has 1 N–H and O–H groups in total. The molecular formula is C19H12O5. The van der Waals surface area contributed by atoms with Crippen LogP contribution in [0.5, 0.6) is 11.5 Å². The van der Waals surface area contributed by atoms with E-state index in [9.17, 15) is 14.7 Å². The van der Waals surface area contributed by atoms with E-state index in [2.05, 4.69) is 0 Å². The number of rotatable bonds is 0. The van der Waals surface area contributed by atoms with E-state index in [-0.39, 0.29) is 0 Å². The first-order valence-electron chi connectivity index (χ1n) is 7.62. The number of hydrogen-bond acceptors (Lipinski definition) is 5. The van der Waals surface area contributed by atoms with Crippen molar-refractivity contribution in [1.82, 2.24) is 0 Å². The highest BCUT2D eigenvalue weighted by Gasteiger charge is 2.65. The summed E-state index contributed by atoms with van der Waals surface area (Å²) in [6.07, 6.45) is 3.77. The van der Waals surface area contributed by atoms with E-state index >= 15 is 0 Å². The van der Waals surface area contributed by atoms with Crippen LogP contribution >= 0.6 is 0 Å². The molecule has 1 heterocycles. The number of ether oxygens (including phenoxy) is 2. The molecule has 118 valence electrons. The number of benzene rings is 2. The third-order valence-electron chi connectivity index (χ3n) is 4.96. The normalized spacial score (nSPS) is 24.8. The molecule has 0 saturated heterocycles. The third-order valence-corrected chi connectivity index (χ3v) is 4.96. The molecule has 0 bridgehead atoms. The van der Waals surface area contributed by atoms with E-state index in [0.29, 0.717) is 11.5 Å². The fourth-order valence-electron chi connectivity index (χ4n) is 3.72. The standard InChI is InChI=1S/C19H12O5/c20-14-7-8-15(21)18(14)9-10-19(17(18)22)23-12-5-1-3-11-4-2-6-13(24-19)16(11)12/h1-10,17,22H. The van der Waals surface area contributed by atoms with Gasteiger partial charge < -0.3 is 14.6 Å². The van der Waals surface area contributed by atoms with Gasteiger partial charge in [0.05, 0.1) is 5.39 Å². The van der Waals surface area contributed by atoms with Crippen molar-refractivity contribution in [3.05, 3.63) is 60.7 Å². The fourth-order valence-corrected chi connectivity index (χ4v) is 3.72. The van der Waals surface area contributed by atoms with E-state index in [1.165, 1.54) is 24.3 Å². The minimum Gasteiger partial charge on any atom is -0.445 e. The van der Waals surface area contributed by atoms with Crippen LogP contribution in [-0.2, 0) is 9.59 Å². The van der Waals surface area contributed by atoms with Gasteiger partial charge in [-0.3, -0.25) is 9.59 Å². The highest BCUT2D eigenvalue weighted by molar-refractivity contribution is 6.24. The summed E-state index contributed by atoms with van der Waals surface area (Å²) in [5.41, 5.74) is -1.65. The number of aliphatic hydroxyl groups is 1. The third kappa shape index (κ3) is 1.39. The van der Waals surface area contributed by atoms with E-state index in [1.807, 2.05) is 24.3 Å². The second-order valence-electron chi connectivity index (χ2n) is 6.20. The van der Waals surface area contributed by atoms with Crippen LogP contribution in [0.25, 0.3) is 10.8 Å². The Bertz CT molecular complexity index is 926. The Kier molecular flexibility index (Phi) is 2.32. The molecule has 1 atom stereocenters. The average molecular weight is 320 g/mol. The van der Waals surface area contributed by atoms with Gasteiger partial charge >= 0.3 is 0 Å². The minimum absolute atomic E-state index is 0.461. The van der Waals surface area contributed by atoms with Gasteiger partial charge in [0, 0.05) is 0 Å². The van der Waals surface area contributed by atoms with Crippen LogP contribution in [0, 0.1) is 5.41 Å². The van der Waals surface area contributed by atoms with Crippen LogP contribution in [0.15, 0.2) is 60.7 Å². The second-order valence-corrected chi connectivity index (χ2v) is 6.20. The highest BCUT2D eigenvalue weighted by atomic mass is 16.7. The first-order valence-corrected chi connectivity index (χ1v) is 7.62.